The normalized spacial score (nSPS) is 13.2. The number of hydrogen-bond donors (Lipinski definition) is 1. The molecule has 1 aliphatic rings. The van der Waals surface area contributed by atoms with E-state index in [4.69, 9.17) is 21.7 Å². The van der Waals surface area contributed by atoms with Crippen molar-refractivity contribution in [3.8, 4) is 5.69 Å². The number of aliphatic carboxylic acids is 1. The first-order valence-electron chi connectivity index (χ1n) is 12.7. The van der Waals surface area contributed by atoms with Crippen LogP contribution in [0.4, 0.5) is 4.39 Å². The number of halogens is 2. The van der Waals surface area contributed by atoms with Gasteiger partial charge in [0.25, 0.3) is 0 Å². The van der Waals surface area contributed by atoms with Gasteiger partial charge in [-0.1, -0.05) is 22.9 Å². The maximum atomic E-state index is 14.8. The van der Waals surface area contributed by atoms with Crippen molar-refractivity contribution in [3.63, 3.8) is 0 Å². The number of ketones is 1. The quantitative estimate of drug-likeness (QED) is 0.239. The lowest BCUT2D eigenvalue weighted by atomic mass is 10.0. The molecular weight excluding hydrogens is 541 g/mol. The molecule has 0 atom stereocenters. The second-order valence-corrected chi connectivity index (χ2v) is 10.2. The van der Waals surface area contributed by atoms with Crippen LogP contribution in [-0.4, -0.2) is 61.4 Å². The number of tetrazole rings is 1. The Balaban J connectivity index is 1.17. The van der Waals surface area contributed by atoms with E-state index in [0.717, 1.165) is 18.4 Å². The minimum Gasteiger partial charge on any atom is -0.481 e. The average Bonchev–Trinajstić information content (AvgIpc) is 3.28. The first-order valence-corrected chi connectivity index (χ1v) is 13.1. The molecule has 4 heterocycles. The van der Waals surface area contributed by atoms with Gasteiger partial charge in [-0.2, -0.15) is 0 Å². The number of pyridine rings is 1. The molecule has 5 aromatic rings. The van der Waals surface area contributed by atoms with Gasteiger partial charge in [0.15, 0.2) is 5.78 Å². The summed E-state index contributed by atoms with van der Waals surface area (Å²) in [6, 6.07) is 5.06. The molecular formula is C26H23ClFN9O3. The van der Waals surface area contributed by atoms with E-state index >= 15 is 0 Å². The predicted octanol–water partition coefficient (Wildman–Crippen LogP) is 3.45. The van der Waals surface area contributed by atoms with Crippen LogP contribution in [0.1, 0.15) is 64.5 Å². The van der Waals surface area contributed by atoms with Gasteiger partial charge in [0, 0.05) is 30.8 Å². The highest BCUT2D eigenvalue weighted by Crippen LogP contribution is 2.40. The topological polar surface area (TPSA) is 146 Å². The number of rotatable bonds is 11. The third-order valence-corrected chi connectivity index (χ3v) is 7.16. The summed E-state index contributed by atoms with van der Waals surface area (Å²) in [6.07, 6.45) is 9.49. The van der Waals surface area contributed by atoms with E-state index in [1.54, 1.807) is 6.07 Å². The number of hydrogen-bond acceptors (Lipinski definition) is 8. The first-order chi connectivity index (χ1) is 19.4. The zero-order valence-electron chi connectivity index (χ0n) is 21.1. The van der Waals surface area contributed by atoms with Gasteiger partial charge in [0.05, 0.1) is 29.1 Å². The number of carbonyl (C=O) groups is 2. The van der Waals surface area contributed by atoms with Crippen LogP contribution < -0.4 is 0 Å². The molecule has 204 valence electrons. The predicted molar refractivity (Wildman–Crippen MR) is 139 cm³/mol. The Morgan fingerprint density at radius 2 is 1.95 bits per heavy atom. The van der Waals surface area contributed by atoms with Crippen molar-refractivity contribution < 1.29 is 19.1 Å². The molecule has 1 aromatic carbocycles. The Labute approximate surface area is 231 Å². The Bertz CT molecular complexity index is 1730. The summed E-state index contributed by atoms with van der Waals surface area (Å²) in [6.45, 7) is 0.269. The van der Waals surface area contributed by atoms with Crippen LogP contribution in [0, 0.1) is 5.82 Å². The van der Waals surface area contributed by atoms with Gasteiger partial charge in [0.1, 0.15) is 23.5 Å². The standard InChI is InChI=1S/C26H23ClFN9O3/c27-20-5-6-22(37-14-29-32-34-37)19(25(20)28)4-7-23(38)21-13-36(33-31-21)12-18-11-35-10-17(15-1-2-15)9-16(26(35)30-18)3-8-24(39)40/h5-6,9-11,13-15H,1-4,7-8,12H2,(H,39,40). The van der Waals surface area contributed by atoms with Crippen LogP contribution in [0.25, 0.3) is 11.3 Å². The lowest BCUT2D eigenvalue weighted by Crippen LogP contribution is -2.08. The Hall–Kier alpha value is -4.52. The van der Waals surface area contributed by atoms with Gasteiger partial charge < -0.3 is 9.51 Å². The van der Waals surface area contributed by atoms with E-state index in [2.05, 4.69) is 31.9 Å². The molecule has 0 amide bonds. The van der Waals surface area contributed by atoms with E-state index in [1.165, 1.54) is 33.5 Å². The molecule has 4 aromatic heterocycles. The second-order valence-electron chi connectivity index (χ2n) is 9.77. The number of carboxylic acids is 1. The number of benzene rings is 1. The third-order valence-electron chi connectivity index (χ3n) is 6.87. The van der Waals surface area contributed by atoms with Crippen molar-refractivity contribution in [1.29, 1.82) is 0 Å². The highest BCUT2D eigenvalue weighted by Gasteiger charge is 2.25. The van der Waals surface area contributed by atoms with Crippen LogP contribution in [0.15, 0.2) is 43.1 Å². The van der Waals surface area contributed by atoms with Crippen molar-refractivity contribution in [1.82, 2.24) is 44.6 Å². The summed E-state index contributed by atoms with van der Waals surface area (Å²) >= 11 is 5.98. The Morgan fingerprint density at radius 1 is 1.10 bits per heavy atom. The highest BCUT2D eigenvalue weighted by molar-refractivity contribution is 6.30. The summed E-state index contributed by atoms with van der Waals surface area (Å²) in [5, 5.41) is 28.2. The van der Waals surface area contributed by atoms with E-state index in [9.17, 15) is 14.0 Å². The lowest BCUT2D eigenvalue weighted by Gasteiger charge is -2.10. The molecule has 1 N–H and O–H groups in total. The van der Waals surface area contributed by atoms with Crippen LogP contribution in [0.2, 0.25) is 5.02 Å². The van der Waals surface area contributed by atoms with Gasteiger partial charge in [-0.3, -0.25) is 9.59 Å². The third kappa shape index (κ3) is 5.32. The zero-order chi connectivity index (χ0) is 27.8. The molecule has 0 unspecified atom stereocenters. The minimum absolute atomic E-state index is 0.0246. The number of carbonyl (C=O) groups excluding carboxylic acids is 1. The van der Waals surface area contributed by atoms with E-state index in [-0.39, 0.29) is 47.9 Å². The van der Waals surface area contributed by atoms with Gasteiger partial charge in [-0.25, -0.2) is 18.7 Å². The maximum absolute atomic E-state index is 14.8. The summed E-state index contributed by atoms with van der Waals surface area (Å²) in [5.41, 5.74) is 4.23. The van der Waals surface area contributed by atoms with Crippen molar-refractivity contribution >= 4 is 29.0 Å². The molecule has 0 radical (unpaired) electrons. The van der Waals surface area contributed by atoms with Crippen LogP contribution in [0.3, 0.4) is 0 Å². The van der Waals surface area contributed by atoms with Crippen LogP contribution >= 0.6 is 11.6 Å². The summed E-state index contributed by atoms with van der Waals surface area (Å²) < 4.78 is 19.6. The van der Waals surface area contributed by atoms with E-state index < -0.39 is 11.8 Å². The molecule has 40 heavy (non-hydrogen) atoms. The number of aromatic nitrogens is 9. The number of imidazole rings is 1. The number of Topliss-reactive ketones (excluding diaryl/α,β-unsaturated/α-hetero) is 1. The van der Waals surface area contributed by atoms with Gasteiger partial charge >= 0.3 is 5.97 Å². The van der Waals surface area contributed by atoms with Gasteiger partial charge in [0.2, 0.25) is 0 Å². The monoisotopic (exact) mass is 563 g/mol. The van der Waals surface area contributed by atoms with E-state index in [0.29, 0.717) is 29.4 Å². The number of nitrogens with zero attached hydrogens (tertiary/aromatic N) is 9. The molecule has 0 bridgehead atoms. The smallest absolute Gasteiger partial charge is 0.303 e. The summed E-state index contributed by atoms with van der Waals surface area (Å²) in [5.74, 6) is -1.29. The first kappa shape index (κ1) is 25.7. The molecule has 0 spiro atoms. The lowest BCUT2D eigenvalue weighted by molar-refractivity contribution is -0.136. The summed E-state index contributed by atoms with van der Waals surface area (Å²) in [4.78, 5) is 28.8. The molecule has 0 aliphatic heterocycles. The molecule has 0 saturated heterocycles. The van der Waals surface area contributed by atoms with Crippen molar-refractivity contribution in [3.05, 3.63) is 82.0 Å². The van der Waals surface area contributed by atoms with Gasteiger partial charge in [-0.15, -0.1) is 10.2 Å². The van der Waals surface area contributed by atoms with Crippen molar-refractivity contribution in [2.24, 2.45) is 0 Å². The van der Waals surface area contributed by atoms with Gasteiger partial charge in [-0.05, 0) is 65.3 Å². The van der Waals surface area contributed by atoms with Crippen LogP contribution in [-0.2, 0) is 24.2 Å². The Morgan fingerprint density at radius 3 is 2.70 bits per heavy atom. The molecule has 12 nitrogen and oxygen atoms in total. The fourth-order valence-corrected chi connectivity index (χ4v) is 4.91. The molecule has 6 rings (SSSR count). The number of fused-ring (bicyclic) bond motifs is 1. The van der Waals surface area contributed by atoms with Crippen LogP contribution in [0.5, 0.6) is 0 Å². The maximum Gasteiger partial charge on any atom is 0.303 e. The second kappa shape index (κ2) is 10.6. The zero-order valence-corrected chi connectivity index (χ0v) is 21.9. The molecule has 14 heteroatoms. The minimum atomic E-state index is -0.855. The number of aryl methyl sites for hydroxylation is 1. The van der Waals surface area contributed by atoms with Crippen molar-refractivity contribution in [2.75, 3.05) is 0 Å². The molecule has 1 aliphatic carbocycles. The highest BCUT2D eigenvalue weighted by atomic mass is 35.5. The molecule has 1 fully saturated rings. The largest absolute Gasteiger partial charge is 0.481 e. The Kier molecular flexibility index (Phi) is 6.80. The SMILES string of the molecule is O=C(O)CCc1cc(C2CC2)cn2cc(Cn3cc(C(=O)CCc4c(-n5cnnn5)ccc(Cl)c4F)nn3)nc12. The fourth-order valence-electron chi connectivity index (χ4n) is 4.73. The molecule has 1 saturated carbocycles. The van der Waals surface area contributed by atoms with E-state index in [1.807, 2.05) is 16.8 Å². The van der Waals surface area contributed by atoms with Crippen molar-refractivity contribution in [2.45, 2.75) is 51.0 Å². The average molecular weight is 564 g/mol. The fraction of sp³-hybridized carbons (Fsp3) is 0.308. The number of carboxylic acid groups (broad SMARTS) is 1. The summed E-state index contributed by atoms with van der Waals surface area (Å²) in [7, 11) is 0.